The van der Waals surface area contributed by atoms with Crippen molar-refractivity contribution in [2.45, 2.75) is 25.5 Å². The van der Waals surface area contributed by atoms with Gasteiger partial charge in [0, 0.05) is 11.5 Å². The van der Waals surface area contributed by atoms with E-state index in [1.54, 1.807) is 0 Å². The molecule has 7 heteroatoms. The van der Waals surface area contributed by atoms with Gasteiger partial charge in [0.15, 0.2) is 0 Å². The van der Waals surface area contributed by atoms with Crippen LogP contribution in [-0.2, 0) is 22.6 Å². The van der Waals surface area contributed by atoms with E-state index in [4.69, 9.17) is 20.7 Å². The second-order valence-corrected chi connectivity index (χ2v) is 5.70. The van der Waals surface area contributed by atoms with Crippen molar-refractivity contribution < 1.29 is 14.3 Å². The fourth-order valence-corrected chi connectivity index (χ4v) is 2.26. The van der Waals surface area contributed by atoms with Crippen LogP contribution in [0.4, 0.5) is 0 Å². The van der Waals surface area contributed by atoms with Crippen LogP contribution in [-0.4, -0.2) is 25.2 Å². The number of hydrogen-bond acceptors (Lipinski definition) is 5. The van der Waals surface area contributed by atoms with Gasteiger partial charge in [-0.25, -0.2) is 0 Å². The molecule has 7 nitrogen and oxygen atoms in total. The van der Waals surface area contributed by atoms with E-state index in [2.05, 4.69) is 10.0 Å². The number of nitrogens with two attached hydrogens (primary N) is 1. The van der Waals surface area contributed by atoms with Gasteiger partial charge in [-0.3, -0.25) is 4.79 Å². The Morgan fingerprint density at radius 3 is 2.54 bits per heavy atom. The molecule has 0 amide bonds. The Bertz CT molecular complexity index is 728. The van der Waals surface area contributed by atoms with Crippen LogP contribution in [0.5, 0.6) is 5.75 Å². The van der Waals surface area contributed by atoms with E-state index in [1.165, 1.54) is 0 Å². The topological polar surface area (TPSA) is 110 Å². The Labute approximate surface area is 152 Å². The minimum Gasteiger partial charge on any atom is -0.494 e. The first-order chi connectivity index (χ1) is 12.7. The van der Waals surface area contributed by atoms with Gasteiger partial charge in [0.25, 0.3) is 0 Å². The average molecular weight is 354 g/mol. The van der Waals surface area contributed by atoms with E-state index in [0.29, 0.717) is 26.0 Å². The van der Waals surface area contributed by atoms with Crippen LogP contribution in [0.2, 0.25) is 0 Å². The SMILES string of the molecule is [N-]=[N+]=NCCCOc1ccc(CC(N)C(=O)OCc2ccccc2)cc1. The first-order valence-electron chi connectivity index (χ1n) is 8.38. The van der Waals surface area contributed by atoms with Crippen LogP contribution in [0, 0.1) is 0 Å². The van der Waals surface area contributed by atoms with E-state index in [0.717, 1.165) is 16.9 Å². The van der Waals surface area contributed by atoms with Crippen molar-refractivity contribution in [1.29, 1.82) is 0 Å². The summed E-state index contributed by atoms with van der Waals surface area (Å²) in [5, 5.41) is 3.44. The molecule has 26 heavy (non-hydrogen) atoms. The Balaban J connectivity index is 1.74. The first kappa shape index (κ1) is 19.3. The maximum atomic E-state index is 12.0. The molecule has 0 fully saturated rings. The van der Waals surface area contributed by atoms with Crippen LogP contribution < -0.4 is 10.5 Å². The Morgan fingerprint density at radius 2 is 1.85 bits per heavy atom. The molecule has 2 aromatic rings. The van der Waals surface area contributed by atoms with E-state index in [1.807, 2.05) is 54.6 Å². The number of carbonyl (C=O) groups is 1. The van der Waals surface area contributed by atoms with Crippen LogP contribution in [0.3, 0.4) is 0 Å². The average Bonchev–Trinajstić information content (AvgIpc) is 2.68. The van der Waals surface area contributed by atoms with Crippen molar-refractivity contribution >= 4 is 5.97 Å². The van der Waals surface area contributed by atoms with E-state index in [9.17, 15) is 4.79 Å². The smallest absolute Gasteiger partial charge is 0.323 e. The van der Waals surface area contributed by atoms with Crippen molar-refractivity contribution in [2.75, 3.05) is 13.2 Å². The van der Waals surface area contributed by atoms with Crippen LogP contribution in [0.1, 0.15) is 17.5 Å². The summed E-state index contributed by atoms with van der Waals surface area (Å²) in [5.41, 5.74) is 16.0. The fourth-order valence-electron chi connectivity index (χ4n) is 2.26. The molecule has 2 aromatic carbocycles. The predicted octanol–water partition coefficient (Wildman–Crippen LogP) is 3.38. The van der Waals surface area contributed by atoms with Crippen molar-refractivity contribution in [1.82, 2.24) is 0 Å². The lowest BCUT2D eigenvalue weighted by molar-refractivity contribution is -0.146. The summed E-state index contributed by atoms with van der Waals surface area (Å²) < 4.78 is 10.8. The molecular formula is C19H22N4O3. The molecule has 0 bridgehead atoms. The third-order valence-electron chi connectivity index (χ3n) is 3.64. The zero-order valence-corrected chi connectivity index (χ0v) is 14.5. The molecule has 136 valence electrons. The molecule has 0 spiro atoms. The summed E-state index contributed by atoms with van der Waals surface area (Å²) in [6.07, 6.45) is 1.05. The number of rotatable bonds is 10. The lowest BCUT2D eigenvalue weighted by atomic mass is 10.1. The Hall–Kier alpha value is -3.02. The summed E-state index contributed by atoms with van der Waals surface area (Å²) in [6, 6.07) is 16.1. The molecule has 0 aliphatic heterocycles. The standard InChI is InChI=1S/C19H22N4O3/c20-18(19(24)26-14-16-5-2-1-3-6-16)13-15-7-9-17(10-8-15)25-12-4-11-22-23-21/h1-3,5-10,18H,4,11-14,20H2. The van der Waals surface area contributed by atoms with Crippen molar-refractivity contribution in [3.8, 4) is 5.75 Å². The summed E-state index contributed by atoms with van der Waals surface area (Å²) >= 11 is 0. The van der Waals surface area contributed by atoms with Crippen molar-refractivity contribution in [2.24, 2.45) is 10.8 Å². The molecule has 1 unspecified atom stereocenters. The molecule has 2 rings (SSSR count). The summed E-state index contributed by atoms with van der Waals surface area (Å²) in [6.45, 7) is 1.11. The van der Waals surface area contributed by atoms with Crippen molar-refractivity contribution in [3.63, 3.8) is 0 Å². The number of nitrogens with zero attached hydrogens (tertiary/aromatic N) is 3. The quantitative estimate of drug-likeness (QED) is 0.232. The summed E-state index contributed by atoms with van der Waals surface area (Å²) in [4.78, 5) is 14.7. The highest BCUT2D eigenvalue weighted by Gasteiger charge is 2.15. The minimum atomic E-state index is -0.714. The van der Waals surface area contributed by atoms with E-state index in [-0.39, 0.29) is 6.61 Å². The molecule has 0 radical (unpaired) electrons. The molecule has 1 atom stereocenters. The van der Waals surface area contributed by atoms with Gasteiger partial charge < -0.3 is 15.2 Å². The highest BCUT2D eigenvalue weighted by molar-refractivity contribution is 5.75. The lowest BCUT2D eigenvalue weighted by Crippen LogP contribution is -2.34. The van der Waals surface area contributed by atoms with Gasteiger partial charge in [-0.05, 0) is 41.6 Å². The zero-order chi connectivity index (χ0) is 18.6. The second-order valence-electron chi connectivity index (χ2n) is 5.70. The van der Waals surface area contributed by atoms with Crippen LogP contribution in [0.25, 0.3) is 10.4 Å². The predicted molar refractivity (Wildman–Crippen MR) is 98.5 cm³/mol. The van der Waals surface area contributed by atoms with E-state index >= 15 is 0 Å². The third-order valence-corrected chi connectivity index (χ3v) is 3.64. The number of ether oxygens (including phenoxy) is 2. The second kappa shape index (κ2) is 10.8. The Morgan fingerprint density at radius 1 is 1.12 bits per heavy atom. The highest BCUT2D eigenvalue weighted by atomic mass is 16.5. The molecule has 0 heterocycles. The van der Waals surface area contributed by atoms with Gasteiger partial charge in [0.05, 0.1) is 6.61 Å². The van der Waals surface area contributed by atoms with Crippen LogP contribution in [0.15, 0.2) is 59.7 Å². The number of hydrogen-bond donors (Lipinski definition) is 1. The molecule has 0 saturated heterocycles. The first-order valence-corrected chi connectivity index (χ1v) is 8.38. The number of benzene rings is 2. The van der Waals surface area contributed by atoms with Gasteiger partial charge in [-0.1, -0.05) is 47.6 Å². The molecule has 2 N–H and O–H groups in total. The number of azide groups is 1. The molecule has 0 saturated carbocycles. The molecule has 0 aliphatic carbocycles. The molecular weight excluding hydrogens is 332 g/mol. The number of carbonyl (C=O) groups excluding carboxylic acids is 1. The van der Waals surface area contributed by atoms with Crippen molar-refractivity contribution in [3.05, 3.63) is 76.2 Å². The van der Waals surface area contributed by atoms with Gasteiger partial charge in [-0.15, -0.1) is 0 Å². The number of esters is 1. The van der Waals surface area contributed by atoms with Crippen LogP contribution >= 0.6 is 0 Å². The third kappa shape index (κ3) is 6.84. The zero-order valence-electron chi connectivity index (χ0n) is 14.5. The maximum absolute atomic E-state index is 12.0. The normalized spacial score (nSPS) is 11.3. The summed E-state index contributed by atoms with van der Waals surface area (Å²) in [7, 11) is 0. The van der Waals surface area contributed by atoms with Gasteiger partial charge in [0.1, 0.15) is 18.4 Å². The fraction of sp³-hybridized carbons (Fsp3) is 0.316. The highest BCUT2D eigenvalue weighted by Crippen LogP contribution is 2.14. The molecule has 0 aliphatic rings. The minimum absolute atomic E-state index is 0.218. The summed E-state index contributed by atoms with van der Waals surface area (Å²) in [5.74, 6) is 0.294. The van der Waals surface area contributed by atoms with E-state index < -0.39 is 12.0 Å². The van der Waals surface area contributed by atoms with Gasteiger partial charge >= 0.3 is 5.97 Å². The monoisotopic (exact) mass is 354 g/mol. The maximum Gasteiger partial charge on any atom is 0.323 e. The van der Waals surface area contributed by atoms with Gasteiger partial charge in [0.2, 0.25) is 0 Å². The lowest BCUT2D eigenvalue weighted by Gasteiger charge is -2.12. The molecule has 0 aromatic heterocycles. The van der Waals surface area contributed by atoms with Gasteiger partial charge in [-0.2, -0.15) is 0 Å². The Kier molecular flexibility index (Phi) is 7.99. The largest absolute Gasteiger partial charge is 0.494 e.